The number of aromatic amines is 1. The number of rotatable bonds is 4. The molecule has 1 aliphatic rings. The van der Waals surface area contributed by atoms with Gasteiger partial charge in [-0.2, -0.15) is 5.10 Å². The number of nitrogens with zero attached hydrogens (tertiary/aromatic N) is 4. The number of benzene rings is 1. The van der Waals surface area contributed by atoms with E-state index in [1.54, 1.807) is 11.6 Å². The molecule has 1 aromatic carbocycles. The van der Waals surface area contributed by atoms with E-state index in [-0.39, 0.29) is 5.56 Å². The average Bonchev–Trinajstić information content (AvgIpc) is 3.44. The van der Waals surface area contributed by atoms with Crippen molar-refractivity contribution in [1.29, 1.82) is 0 Å². The lowest BCUT2D eigenvalue weighted by molar-refractivity contribution is 0.846. The third kappa shape index (κ3) is 3.29. The molecule has 0 amide bonds. The van der Waals surface area contributed by atoms with Gasteiger partial charge < -0.3 is 19.2 Å². The molecular weight excluding hydrogens is 424 g/mol. The Bertz CT molecular complexity index is 1610. The summed E-state index contributed by atoms with van der Waals surface area (Å²) in [6, 6.07) is 20.4. The normalized spacial score (nSPS) is 12.8. The van der Waals surface area contributed by atoms with Crippen LogP contribution in [0.3, 0.4) is 0 Å². The van der Waals surface area contributed by atoms with Crippen LogP contribution in [0.5, 0.6) is 0 Å². The van der Waals surface area contributed by atoms with Crippen LogP contribution >= 0.6 is 0 Å². The van der Waals surface area contributed by atoms with Crippen molar-refractivity contribution in [2.45, 2.75) is 13.5 Å². The first kappa shape index (κ1) is 20.1. The SMILES string of the molecule is Cc1cc(Nc2c(-c3ccccc3)c(N3C=Cc4c(cc5ccccn45)C3)cn(C)c2=O)n[nH]1. The molecule has 168 valence electrons. The van der Waals surface area contributed by atoms with E-state index < -0.39 is 0 Å². The molecule has 7 nitrogen and oxygen atoms in total. The monoisotopic (exact) mass is 448 g/mol. The molecule has 0 bridgehead atoms. The number of hydrogen-bond donors (Lipinski definition) is 2. The van der Waals surface area contributed by atoms with Gasteiger partial charge in [-0.3, -0.25) is 9.89 Å². The molecule has 34 heavy (non-hydrogen) atoms. The summed E-state index contributed by atoms with van der Waals surface area (Å²) in [4.78, 5) is 15.5. The van der Waals surface area contributed by atoms with Gasteiger partial charge in [0.25, 0.3) is 5.56 Å². The second-order valence-electron chi connectivity index (χ2n) is 8.60. The van der Waals surface area contributed by atoms with Crippen LogP contribution in [0.4, 0.5) is 17.2 Å². The first-order chi connectivity index (χ1) is 16.6. The Morgan fingerprint density at radius 3 is 2.68 bits per heavy atom. The topological polar surface area (TPSA) is 70.4 Å². The van der Waals surface area contributed by atoms with Crippen LogP contribution in [0, 0.1) is 6.92 Å². The van der Waals surface area contributed by atoms with Gasteiger partial charge in [0.05, 0.1) is 11.4 Å². The molecule has 7 heteroatoms. The number of H-pyrrole nitrogens is 1. The van der Waals surface area contributed by atoms with E-state index in [1.165, 1.54) is 16.8 Å². The minimum Gasteiger partial charge on any atom is -0.342 e. The molecule has 1 aliphatic heterocycles. The van der Waals surface area contributed by atoms with E-state index in [1.807, 2.05) is 55.6 Å². The zero-order valence-electron chi connectivity index (χ0n) is 19.0. The van der Waals surface area contributed by atoms with E-state index >= 15 is 0 Å². The van der Waals surface area contributed by atoms with Crippen molar-refractivity contribution >= 4 is 28.8 Å². The molecule has 0 radical (unpaired) electrons. The second-order valence-corrected chi connectivity index (χ2v) is 8.60. The zero-order chi connectivity index (χ0) is 23.2. The lowest BCUT2D eigenvalue weighted by atomic mass is 10.0. The van der Waals surface area contributed by atoms with E-state index in [2.05, 4.69) is 61.5 Å². The molecule has 0 fully saturated rings. The van der Waals surface area contributed by atoms with E-state index in [0.717, 1.165) is 22.5 Å². The Hall–Kier alpha value is -4.52. The third-order valence-electron chi connectivity index (χ3n) is 6.24. The summed E-state index contributed by atoms with van der Waals surface area (Å²) >= 11 is 0. The van der Waals surface area contributed by atoms with Crippen molar-refractivity contribution in [1.82, 2.24) is 19.2 Å². The quantitative estimate of drug-likeness (QED) is 0.403. The number of fused-ring (bicyclic) bond motifs is 3. The first-order valence-electron chi connectivity index (χ1n) is 11.2. The van der Waals surface area contributed by atoms with Crippen molar-refractivity contribution < 1.29 is 0 Å². The van der Waals surface area contributed by atoms with E-state index in [4.69, 9.17) is 0 Å². The predicted octanol–water partition coefficient (Wildman–Crippen LogP) is 5.07. The fourth-order valence-corrected chi connectivity index (χ4v) is 4.64. The smallest absolute Gasteiger partial charge is 0.274 e. The highest BCUT2D eigenvalue weighted by atomic mass is 16.1. The summed E-state index contributed by atoms with van der Waals surface area (Å²) in [7, 11) is 1.79. The van der Waals surface area contributed by atoms with Crippen molar-refractivity contribution in [2.75, 3.05) is 10.2 Å². The van der Waals surface area contributed by atoms with E-state index in [9.17, 15) is 4.79 Å². The highest BCUT2D eigenvalue weighted by Crippen LogP contribution is 2.39. The van der Waals surface area contributed by atoms with Crippen molar-refractivity contribution in [3.63, 3.8) is 0 Å². The molecule has 0 unspecified atom stereocenters. The minimum absolute atomic E-state index is 0.112. The van der Waals surface area contributed by atoms with Crippen LogP contribution in [0.2, 0.25) is 0 Å². The van der Waals surface area contributed by atoms with Crippen LogP contribution in [0.1, 0.15) is 17.0 Å². The Balaban J connectivity index is 1.53. The van der Waals surface area contributed by atoms with Gasteiger partial charge in [0.15, 0.2) is 5.82 Å². The number of aromatic nitrogens is 4. The maximum absolute atomic E-state index is 13.3. The molecule has 0 saturated heterocycles. The fourth-order valence-electron chi connectivity index (χ4n) is 4.64. The largest absolute Gasteiger partial charge is 0.342 e. The van der Waals surface area contributed by atoms with Gasteiger partial charge >= 0.3 is 0 Å². The summed E-state index contributed by atoms with van der Waals surface area (Å²) in [5.74, 6) is 0.610. The van der Waals surface area contributed by atoms with E-state index in [0.29, 0.717) is 18.1 Å². The number of pyridine rings is 2. The standard InChI is InChI=1S/C27H24N6O/c1-18-14-24(30-29-18)28-26-25(19-8-4-3-5-9-19)23(17-31(2)27(26)34)32-13-11-22-20(16-32)15-21-10-6-7-12-33(21)22/h3-15,17H,16H2,1-2H3,(H2,28,29,30). The van der Waals surface area contributed by atoms with Gasteiger partial charge in [-0.05, 0) is 42.3 Å². The van der Waals surface area contributed by atoms with Crippen molar-refractivity contribution in [3.05, 3.63) is 107 Å². The van der Waals surface area contributed by atoms with Crippen LogP contribution < -0.4 is 15.8 Å². The lowest BCUT2D eigenvalue weighted by Crippen LogP contribution is -2.26. The number of hydrogen-bond acceptors (Lipinski definition) is 4. The van der Waals surface area contributed by atoms with Crippen LogP contribution in [-0.4, -0.2) is 19.2 Å². The predicted molar refractivity (Wildman–Crippen MR) is 136 cm³/mol. The fraction of sp³-hybridized carbons (Fsp3) is 0.111. The number of nitrogens with one attached hydrogen (secondary N) is 2. The summed E-state index contributed by atoms with van der Waals surface area (Å²) in [5.41, 5.74) is 7.65. The lowest BCUT2D eigenvalue weighted by Gasteiger charge is -2.28. The number of anilines is 3. The highest BCUT2D eigenvalue weighted by Gasteiger charge is 2.23. The molecule has 0 saturated carbocycles. The van der Waals surface area contributed by atoms with Gasteiger partial charge in [0.2, 0.25) is 0 Å². The van der Waals surface area contributed by atoms with Gasteiger partial charge in [-0.25, -0.2) is 0 Å². The van der Waals surface area contributed by atoms with Gasteiger partial charge in [0, 0.05) is 55.0 Å². The molecule has 5 heterocycles. The minimum atomic E-state index is -0.112. The van der Waals surface area contributed by atoms with Crippen molar-refractivity contribution in [3.8, 4) is 11.1 Å². The Morgan fingerprint density at radius 1 is 1.06 bits per heavy atom. The second kappa shape index (κ2) is 7.81. The van der Waals surface area contributed by atoms with Crippen LogP contribution in [0.15, 0.2) is 84.1 Å². The van der Waals surface area contributed by atoms with Crippen molar-refractivity contribution in [2.24, 2.45) is 7.05 Å². The van der Waals surface area contributed by atoms with Crippen LogP contribution in [-0.2, 0) is 13.6 Å². The molecule has 0 spiro atoms. The van der Waals surface area contributed by atoms with Gasteiger partial charge in [0.1, 0.15) is 5.69 Å². The Labute approximate surface area is 196 Å². The Kier molecular flexibility index (Phi) is 4.62. The summed E-state index contributed by atoms with van der Waals surface area (Å²) in [6.07, 6.45) is 8.23. The molecular formula is C27H24N6O. The van der Waals surface area contributed by atoms with Gasteiger partial charge in [-0.1, -0.05) is 36.4 Å². The third-order valence-corrected chi connectivity index (χ3v) is 6.24. The number of aryl methyl sites for hydroxylation is 2. The molecule has 5 aromatic rings. The van der Waals surface area contributed by atoms with Crippen LogP contribution in [0.25, 0.3) is 22.7 Å². The molecule has 2 N–H and O–H groups in total. The molecule has 4 aromatic heterocycles. The van der Waals surface area contributed by atoms with Gasteiger partial charge in [-0.15, -0.1) is 0 Å². The molecule has 0 aliphatic carbocycles. The maximum atomic E-state index is 13.3. The Morgan fingerprint density at radius 2 is 1.88 bits per heavy atom. The molecule has 0 atom stereocenters. The average molecular weight is 449 g/mol. The summed E-state index contributed by atoms with van der Waals surface area (Å²) in [6.45, 7) is 2.63. The zero-order valence-corrected chi connectivity index (χ0v) is 19.0. The maximum Gasteiger partial charge on any atom is 0.274 e. The summed E-state index contributed by atoms with van der Waals surface area (Å²) in [5, 5.41) is 10.5. The first-order valence-corrected chi connectivity index (χ1v) is 11.2. The summed E-state index contributed by atoms with van der Waals surface area (Å²) < 4.78 is 3.83. The molecule has 6 rings (SSSR count). The highest BCUT2D eigenvalue weighted by molar-refractivity contribution is 5.91.